The fourth-order valence-corrected chi connectivity index (χ4v) is 4.19. The number of carbonyl (C=O) groups is 1. The average Bonchev–Trinajstić information content (AvgIpc) is 3.03. The van der Waals surface area contributed by atoms with Crippen LogP contribution < -0.4 is 4.90 Å². The third kappa shape index (κ3) is 2.86. The summed E-state index contributed by atoms with van der Waals surface area (Å²) in [5, 5.41) is 2.12. The van der Waals surface area contributed by atoms with Crippen LogP contribution in [0.3, 0.4) is 0 Å². The summed E-state index contributed by atoms with van der Waals surface area (Å²) in [4.78, 5) is 21.1. The van der Waals surface area contributed by atoms with E-state index in [0.29, 0.717) is 4.88 Å². The van der Waals surface area contributed by atoms with Gasteiger partial charge in [0, 0.05) is 23.5 Å². The van der Waals surface area contributed by atoms with E-state index in [0.717, 1.165) is 37.9 Å². The maximum absolute atomic E-state index is 13.0. The number of benzene rings is 2. The molecule has 0 bridgehead atoms. The van der Waals surface area contributed by atoms with Crippen molar-refractivity contribution >= 4 is 44.1 Å². The SMILES string of the molecule is Cc1ccc(C)c(N(C)C(=O)c2cc3cc4ccc(C)cc4nc3s2)c1. The lowest BCUT2D eigenvalue weighted by Crippen LogP contribution is -2.26. The summed E-state index contributed by atoms with van der Waals surface area (Å²) in [6.07, 6.45) is 0. The molecular weight excluding hydrogens is 340 g/mol. The second-order valence-corrected chi connectivity index (χ2v) is 7.87. The van der Waals surface area contributed by atoms with Gasteiger partial charge in [0.05, 0.1) is 10.4 Å². The van der Waals surface area contributed by atoms with Crippen molar-refractivity contribution in [2.45, 2.75) is 20.8 Å². The van der Waals surface area contributed by atoms with Crippen LogP contribution in [-0.2, 0) is 0 Å². The molecule has 2 aromatic heterocycles. The van der Waals surface area contributed by atoms with Crippen molar-refractivity contribution in [2.75, 3.05) is 11.9 Å². The summed E-state index contributed by atoms with van der Waals surface area (Å²) in [5.41, 5.74) is 5.34. The second-order valence-electron chi connectivity index (χ2n) is 6.84. The summed E-state index contributed by atoms with van der Waals surface area (Å²) in [5.74, 6) is 0.00179. The first-order valence-corrected chi connectivity index (χ1v) is 9.40. The van der Waals surface area contributed by atoms with Gasteiger partial charge in [0.1, 0.15) is 4.83 Å². The van der Waals surface area contributed by atoms with E-state index >= 15 is 0 Å². The van der Waals surface area contributed by atoms with Crippen molar-refractivity contribution in [3.05, 3.63) is 70.1 Å². The van der Waals surface area contributed by atoms with E-state index in [1.807, 2.05) is 27.0 Å². The Labute approximate surface area is 156 Å². The van der Waals surface area contributed by atoms with Gasteiger partial charge in [-0.05, 0) is 61.7 Å². The summed E-state index contributed by atoms with van der Waals surface area (Å²) in [6, 6.07) is 16.5. The minimum absolute atomic E-state index is 0.00179. The maximum atomic E-state index is 13.0. The minimum atomic E-state index is 0.00179. The molecule has 26 heavy (non-hydrogen) atoms. The van der Waals surface area contributed by atoms with Gasteiger partial charge in [-0.2, -0.15) is 0 Å². The van der Waals surface area contributed by atoms with E-state index in [1.54, 1.807) is 4.90 Å². The fraction of sp³-hybridized carbons (Fsp3) is 0.182. The molecule has 0 aliphatic heterocycles. The third-order valence-corrected chi connectivity index (χ3v) is 5.73. The van der Waals surface area contributed by atoms with E-state index in [-0.39, 0.29) is 5.91 Å². The van der Waals surface area contributed by atoms with Crippen LogP contribution in [0.1, 0.15) is 26.4 Å². The fourth-order valence-electron chi connectivity index (χ4n) is 3.20. The van der Waals surface area contributed by atoms with Gasteiger partial charge in [-0.1, -0.05) is 24.3 Å². The van der Waals surface area contributed by atoms with Crippen LogP contribution in [0.2, 0.25) is 0 Å². The molecule has 130 valence electrons. The number of nitrogens with zero attached hydrogens (tertiary/aromatic N) is 2. The molecule has 0 unspecified atom stereocenters. The number of amides is 1. The standard InChI is InChI=1S/C22H20N2OS/c1-13-6-8-16-11-17-12-20(26-21(17)23-18(16)9-13)22(25)24(4)19-10-14(2)5-7-15(19)3/h5-12H,1-4H3. The van der Waals surface area contributed by atoms with Gasteiger partial charge in [0.2, 0.25) is 0 Å². The molecule has 0 fully saturated rings. The van der Waals surface area contributed by atoms with Crippen molar-refractivity contribution in [2.24, 2.45) is 0 Å². The molecule has 0 saturated heterocycles. The van der Waals surface area contributed by atoms with Crippen LogP contribution in [0.4, 0.5) is 5.69 Å². The highest BCUT2D eigenvalue weighted by Crippen LogP contribution is 2.30. The van der Waals surface area contributed by atoms with Crippen LogP contribution in [0.5, 0.6) is 0 Å². The zero-order valence-corrected chi connectivity index (χ0v) is 16.1. The van der Waals surface area contributed by atoms with E-state index in [9.17, 15) is 4.79 Å². The summed E-state index contributed by atoms with van der Waals surface area (Å²) in [6.45, 7) is 6.13. The van der Waals surface area contributed by atoms with E-state index in [2.05, 4.69) is 49.4 Å². The molecule has 0 spiro atoms. The van der Waals surface area contributed by atoms with Crippen molar-refractivity contribution in [1.82, 2.24) is 4.98 Å². The number of anilines is 1. The smallest absolute Gasteiger partial charge is 0.268 e. The zero-order chi connectivity index (χ0) is 18.4. The van der Waals surface area contributed by atoms with Crippen molar-refractivity contribution in [1.29, 1.82) is 0 Å². The molecule has 0 aliphatic carbocycles. The van der Waals surface area contributed by atoms with Crippen LogP contribution in [0.15, 0.2) is 48.5 Å². The van der Waals surface area contributed by atoms with E-state index < -0.39 is 0 Å². The van der Waals surface area contributed by atoms with Gasteiger partial charge in [-0.25, -0.2) is 4.98 Å². The number of rotatable bonds is 2. The Morgan fingerprint density at radius 2 is 1.65 bits per heavy atom. The Hall–Kier alpha value is -2.72. The van der Waals surface area contributed by atoms with E-state index in [1.165, 1.54) is 16.9 Å². The number of hydrogen-bond donors (Lipinski definition) is 0. The molecule has 2 heterocycles. The predicted octanol–water partition coefficient (Wildman–Crippen LogP) is 5.65. The maximum Gasteiger partial charge on any atom is 0.268 e. The number of thiophene rings is 1. The Kier molecular flexibility index (Phi) is 4.00. The highest BCUT2D eigenvalue weighted by Gasteiger charge is 2.18. The quantitative estimate of drug-likeness (QED) is 0.463. The monoisotopic (exact) mass is 360 g/mol. The normalized spacial score (nSPS) is 11.2. The van der Waals surface area contributed by atoms with Gasteiger partial charge in [0.25, 0.3) is 5.91 Å². The van der Waals surface area contributed by atoms with Gasteiger partial charge in [-0.3, -0.25) is 4.79 Å². The van der Waals surface area contributed by atoms with Crippen molar-refractivity contribution in [3.63, 3.8) is 0 Å². The topological polar surface area (TPSA) is 33.2 Å². The number of aryl methyl sites for hydroxylation is 3. The largest absolute Gasteiger partial charge is 0.310 e. The predicted molar refractivity (Wildman–Crippen MR) is 111 cm³/mol. The lowest BCUT2D eigenvalue weighted by atomic mass is 10.1. The second kappa shape index (κ2) is 6.22. The molecule has 2 aromatic carbocycles. The van der Waals surface area contributed by atoms with Crippen LogP contribution in [-0.4, -0.2) is 17.9 Å². The number of carbonyl (C=O) groups excluding carboxylic acids is 1. The molecule has 4 aromatic rings. The molecule has 0 N–H and O–H groups in total. The summed E-state index contributed by atoms with van der Waals surface area (Å²) in [7, 11) is 1.84. The van der Waals surface area contributed by atoms with Crippen molar-refractivity contribution in [3.8, 4) is 0 Å². The Bertz CT molecular complexity index is 1160. The Balaban J connectivity index is 1.76. The Morgan fingerprint density at radius 3 is 2.46 bits per heavy atom. The lowest BCUT2D eigenvalue weighted by Gasteiger charge is -2.19. The molecule has 0 atom stereocenters. The first-order chi connectivity index (χ1) is 12.4. The van der Waals surface area contributed by atoms with Crippen LogP contribution >= 0.6 is 11.3 Å². The third-order valence-electron chi connectivity index (χ3n) is 4.70. The highest BCUT2D eigenvalue weighted by molar-refractivity contribution is 7.20. The number of fused-ring (bicyclic) bond motifs is 2. The lowest BCUT2D eigenvalue weighted by molar-refractivity contribution is 0.0997. The molecular formula is C22H20N2OS. The summed E-state index contributed by atoms with van der Waals surface area (Å²) < 4.78 is 0. The molecule has 3 nitrogen and oxygen atoms in total. The Morgan fingerprint density at radius 1 is 0.923 bits per heavy atom. The van der Waals surface area contributed by atoms with Crippen LogP contribution in [0.25, 0.3) is 21.1 Å². The first-order valence-electron chi connectivity index (χ1n) is 8.58. The highest BCUT2D eigenvalue weighted by atomic mass is 32.1. The minimum Gasteiger partial charge on any atom is -0.310 e. The molecule has 0 aliphatic rings. The number of hydrogen-bond acceptors (Lipinski definition) is 3. The van der Waals surface area contributed by atoms with Gasteiger partial charge >= 0.3 is 0 Å². The number of aromatic nitrogens is 1. The van der Waals surface area contributed by atoms with E-state index in [4.69, 9.17) is 4.98 Å². The molecule has 0 radical (unpaired) electrons. The van der Waals surface area contributed by atoms with Gasteiger partial charge < -0.3 is 4.90 Å². The number of pyridine rings is 1. The van der Waals surface area contributed by atoms with Gasteiger partial charge in [0.15, 0.2) is 0 Å². The van der Waals surface area contributed by atoms with Gasteiger partial charge in [-0.15, -0.1) is 11.3 Å². The molecule has 4 heteroatoms. The zero-order valence-electron chi connectivity index (χ0n) is 15.3. The molecule has 1 amide bonds. The average molecular weight is 360 g/mol. The van der Waals surface area contributed by atoms with Crippen LogP contribution in [0, 0.1) is 20.8 Å². The molecule has 4 rings (SSSR count). The first kappa shape index (κ1) is 16.7. The summed E-state index contributed by atoms with van der Waals surface area (Å²) >= 11 is 1.46. The molecule has 0 saturated carbocycles. The van der Waals surface area contributed by atoms with Crippen molar-refractivity contribution < 1.29 is 4.79 Å².